The molecule has 0 N–H and O–H groups in total. The standard InChI is InChI=1S/C38H38/c1-3-7-31(8-4-1)11-13-33-15-19-35(20-16-33)23-25-37-27-29-38(30-28-37)26-24-36-21-17-34(18-22-36)14-12-32-9-5-2-6-10-32/h1-10,15-22,27-30H,11-14,23-26H2. The topological polar surface area (TPSA) is 0 Å². The van der Waals surface area contributed by atoms with Crippen molar-refractivity contribution in [2.75, 3.05) is 0 Å². The van der Waals surface area contributed by atoms with Crippen LogP contribution in [0.4, 0.5) is 0 Å². The molecule has 0 fully saturated rings. The lowest BCUT2D eigenvalue weighted by molar-refractivity contribution is 0.928. The van der Waals surface area contributed by atoms with Crippen molar-refractivity contribution < 1.29 is 0 Å². The van der Waals surface area contributed by atoms with Crippen molar-refractivity contribution in [2.24, 2.45) is 0 Å². The molecule has 0 heterocycles. The zero-order valence-electron chi connectivity index (χ0n) is 22.4. The molecule has 0 spiro atoms. The van der Waals surface area contributed by atoms with Crippen LogP contribution in [0, 0.1) is 0 Å². The zero-order chi connectivity index (χ0) is 25.8. The van der Waals surface area contributed by atoms with Crippen molar-refractivity contribution in [3.63, 3.8) is 0 Å². The summed E-state index contributed by atoms with van der Waals surface area (Å²) < 4.78 is 0. The number of benzene rings is 5. The Morgan fingerprint density at radius 1 is 0.184 bits per heavy atom. The van der Waals surface area contributed by atoms with Crippen LogP contribution in [0.1, 0.15) is 44.5 Å². The van der Waals surface area contributed by atoms with E-state index in [0.29, 0.717) is 0 Å². The summed E-state index contributed by atoms with van der Waals surface area (Å²) in [5.41, 5.74) is 11.3. The molecule has 0 unspecified atom stereocenters. The van der Waals surface area contributed by atoms with Gasteiger partial charge >= 0.3 is 0 Å². The first-order valence-corrected chi connectivity index (χ1v) is 14.1. The summed E-state index contributed by atoms with van der Waals surface area (Å²) in [7, 11) is 0. The summed E-state index contributed by atoms with van der Waals surface area (Å²) in [6.45, 7) is 0. The molecular formula is C38H38. The fourth-order valence-electron chi connectivity index (χ4n) is 5.06. The highest BCUT2D eigenvalue weighted by Gasteiger charge is 2.02. The normalized spacial score (nSPS) is 10.9. The van der Waals surface area contributed by atoms with E-state index in [4.69, 9.17) is 0 Å². The Kier molecular flexibility index (Phi) is 9.20. The quantitative estimate of drug-likeness (QED) is 0.162. The second kappa shape index (κ2) is 13.6. The largest absolute Gasteiger partial charge is 0.0622 e. The Labute approximate surface area is 229 Å². The van der Waals surface area contributed by atoms with Gasteiger partial charge in [-0.3, -0.25) is 0 Å². The van der Waals surface area contributed by atoms with Crippen LogP contribution in [0.15, 0.2) is 133 Å². The van der Waals surface area contributed by atoms with E-state index in [1.54, 1.807) is 0 Å². The third-order valence-electron chi connectivity index (χ3n) is 7.56. The number of rotatable bonds is 12. The van der Waals surface area contributed by atoms with Gasteiger partial charge in [0, 0.05) is 0 Å². The average Bonchev–Trinajstić information content (AvgIpc) is 2.99. The summed E-state index contributed by atoms with van der Waals surface area (Å²) in [6, 6.07) is 49.2. The number of aryl methyl sites for hydroxylation is 8. The van der Waals surface area contributed by atoms with E-state index in [-0.39, 0.29) is 0 Å². The monoisotopic (exact) mass is 494 g/mol. The van der Waals surface area contributed by atoms with Crippen LogP contribution in [0.2, 0.25) is 0 Å². The molecule has 0 atom stereocenters. The van der Waals surface area contributed by atoms with E-state index in [9.17, 15) is 0 Å². The molecule has 0 nitrogen and oxygen atoms in total. The highest BCUT2D eigenvalue weighted by Crippen LogP contribution is 2.15. The molecule has 190 valence electrons. The third kappa shape index (κ3) is 8.05. The molecule has 0 aliphatic rings. The molecule has 0 aromatic heterocycles. The van der Waals surface area contributed by atoms with Crippen molar-refractivity contribution >= 4 is 0 Å². The molecule has 0 saturated carbocycles. The highest BCUT2D eigenvalue weighted by molar-refractivity contribution is 5.29. The van der Waals surface area contributed by atoms with Gasteiger partial charge in [-0.25, -0.2) is 0 Å². The number of hydrogen-bond acceptors (Lipinski definition) is 0. The molecule has 0 bridgehead atoms. The van der Waals surface area contributed by atoms with Gasteiger partial charge in [-0.2, -0.15) is 0 Å². The van der Waals surface area contributed by atoms with Gasteiger partial charge in [0.05, 0.1) is 0 Å². The Balaban J connectivity index is 1.03. The van der Waals surface area contributed by atoms with E-state index in [1.165, 1.54) is 44.5 Å². The Hall–Kier alpha value is -3.90. The first-order valence-electron chi connectivity index (χ1n) is 14.1. The predicted octanol–water partition coefficient (Wildman–Crippen LogP) is 8.83. The summed E-state index contributed by atoms with van der Waals surface area (Å²) in [4.78, 5) is 0. The Bertz CT molecular complexity index is 1240. The molecule has 5 aromatic carbocycles. The lowest BCUT2D eigenvalue weighted by Crippen LogP contribution is -1.96. The van der Waals surface area contributed by atoms with Gasteiger partial charge in [0.1, 0.15) is 0 Å². The maximum Gasteiger partial charge on any atom is -0.0238 e. The lowest BCUT2D eigenvalue weighted by atomic mass is 9.98. The Morgan fingerprint density at radius 2 is 0.342 bits per heavy atom. The van der Waals surface area contributed by atoms with Crippen LogP contribution in [-0.2, 0) is 51.4 Å². The maximum atomic E-state index is 2.32. The van der Waals surface area contributed by atoms with Crippen LogP contribution >= 0.6 is 0 Å². The average molecular weight is 495 g/mol. The molecule has 38 heavy (non-hydrogen) atoms. The van der Waals surface area contributed by atoms with E-state index in [1.807, 2.05) is 0 Å². The zero-order valence-corrected chi connectivity index (χ0v) is 22.4. The highest BCUT2D eigenvalue weighted by atomic mass is 14.1. The predicted molar refractivity (Wildman–Crippen MR) is 162 cm³/mol. The minimum atomic E-state index is 1.09. The minimum absolute atomic E-state index is 1.09. The molecule has 5 rings (SSSR count). The molecule has 5 aromatic rings. The maximum absolute atomic E-state index is 2.32. The van der Waals surface area contributed by atoms with Gasteiger partial charge in [0.15, 0.2) is 0 Å². The fourth-order valence-corrected chi connectivity index (χ4v) is 5.06. The van der Waals surface area contributed by atoms with Gasteiger partial charge in [0.2, 0.25) is 0 Å². The molecule has 0 aliphatic heterocycles. The van der Waals surface area contributed by atoms with Crippen LogP contribution < -0.4 is 0 Å². The number of hydrogen-bond donors (Lipinski definition) is 0. The molecule has 0 saturated heterocycles. The minimum Gasteiger partial charge on any atom is -0.0622 e. The Morgan fingerprint density at radius 3 is 0.526 bits per heavy atom. The summed E-state index contributed by atoms with van der Waals surface area (Å²) in [6.07, 6.45) is 8.78. The van der Waals surface area contributed by atoms with Crippen molar-refractivity contribution in [1.82, 2.24) is 0 Å². The molecule has 0 radical (unpaired) electrons. The van der Waals surface area contributed by atoms with Gasteiger partial charge in [-0.1, -0.05) is 133 Å². The van der Waals surface area contributed by atoms with Gasteiger partial charge in [-0.15, -0.1) is 0 Å². The second-order valence-corrected chi connectivity index (χ2v) is 10.4. The smallest absolute Gasteiger partial charge is 0.0238 e. The van der Waals surface area contributed by atoms with Crippen LogP contribution in [0.3, 0.4) is 0 Å². The van der Waals surface area contributed by atoms with Crippen molar-refractivity contribution in [1.29, 1.82) is 0 Å². The van der Waals surface area contributed by atoms with Crippen molar-refractivity contribution in [3.8, 4) is 0 Å². The third-order valence-corrected chi connectivity index (χ3v) is 7.56. The van der Waals surface area contributed by atoms with Crippen LogP contribution in [0.5, 0.6) is 0 Å². The van der Waals surface area contributed by atoms with E-state index >= 15 is 0 Å². The molecule has 0 aliphatic carbocycles. The summed E-state index contributed by atoms with van der Waals surface area (Å²) >= 11 is 0. The first-order chi connectivity index (χ1) is 18.8. The van der Waals surface area contributed by atoms with Crippen molar-refractivity contribution in [3.05, 3.63) is 178 Å². The van der Waals surface area contributed by atoms with Gasteiger partial charge in [0.25, 0.3) is 0 Å². The van der Waals surface area contributed by atoms with E-state index in [0.717, 1.165) is 51.4 Å². The van der Waals surface area contributed by atoms with E-state index < -0.39 is 0 Å². The first kappa shape index (κ1) is 25.7. The van der Waals surface area contributed by atoms with Crippen molar-refractivity contribution in [2.45, 2.75) is 51.4 Å². The lowest BCUT2D eigenvalue weighted by Gasteiger charge is -2.07. The van der Waals surface area contributed by atoms with Crippen LogP contribution in [-0.4, -0.2) is 0 Å². The van der Waals surface area contributed by atoms with Gasteiger partial charge in [-0.05, 0) is 95.9 Å². The molecular weight excluding hydrogens is 456 g/mol. The summed E-state index contributed by atoms with van der Waals surface area (Å²) in [5.74, 6) is 0. The molecule has 0 heteroatoms. The van der Waals surface area contributed by atoms with Crippen LogP contribution in [0.25, 0.3) is 0 Å². The molecule has 0 amide bonds. The fraction of sp³-hybridized carbons (Fsp3) is 0.211. The second-order valence-electron chi connectivity index (χ2n) is 10.4. The SMILES string of the molecule is c1ccc(CCc2ccc(CCc3ccc(CCc4ccc(CCc5ccccc5)cc4)cc3)cc2)cc1. The van der Waals surface area contributed by atoms with Gasteiger partial charge < -0.3 is 0 Å². The summed E-state index contributed by atoms with van der Waals surface area (Å²) in [5, 5.41) is 0. The van der Waals surface area contributed by atoms with E-state index in [2.05, 4.69) is 133 Å².